The Morgan fingerprint density at radius 3 is 2.46 bits per heavy atom. The van der Waals surface area contributed by atoms with Gasteiger partial charge < -0.3 is 0 Å². The Labute approximate surface area is 205 Å². The van der Waals surface area contributed by atoms with Gasteiger partial charge in [-0.3, -0.25) is 4.79 Å². The molecule has 0 amide bonds. The van der Waals surface area contributed by atoms with Gasteiger partial charge in [0.05, 0.1) is 6.54 Å². The zero-order valence-corrected chi connectivity index (χ0v) is 20.3. The van der Waals surface area contributed by atoms with Gasteiger partial charge in [-0.15, -0.1) is 10.2 Å². The predicted octanol–water partition coefficient (Wildman–Crippen LogP) is 5.14. The summed E-state index contributed by atoms with van der Waals surface area (Å²) < 4.78 is 1.92. The highest BCUT2D eigenvalue weighted by Crippen LogP contribution is 2.30. The number of tetrazole rings is 1. The van der Waals surface area contributed by atoms with E-state index in [1.54, 1.807) is 0 Å². The van der Waals surface area contributed by atoms with Gasteiger partial charge in [0, 0.05) is 17.9 Å². The van der Waals surface area contributed by atoms with Crippen molar-refractivity contribution in [3.8, 4) is 22.5 Å². The zero-order valence-electron chi connectivity index (χ0n) is 20.3. The molecule has 1 N–H and O–H groups in total. The minimum absolute atomic E-state index is 0.0745. The SMILES string of the molecule is CC(C)Cc1nc(C(=O)C2CCCCC2)nn1Cc1ccc(-c2ccccc2-c2nnn[nH]2)cc1. The number of nitrogens with zero attached hydrogens (tertiary/aromatic N) is 6. The number of aromatic nitrogens is 7. The van der Waals surface area contributed by atoms with Crippen LogP contribution in [0.25, 0.3) is 22.5 Å². The molecule has 35 heavy (non-hydrogen) atoms. The number of rotatable bonds is 8. The lowest BCUT2D eigenvalue weighted by molar-refractivity contribution is 0.0878. The maximum absolute atomic E-state index is 13.1. The number of hydrogen-bond donors (Lipinski definition) is 1. The Morgan fingerprint density at radius 2 is 1.77 bits per heavy atom. The van der Waals surface area contributed by atoms with E-state index in [0.717, 1.165) is 60.2 Å². The number of aromatic amines is 1. The van der Waals surface area contributed by atoms with Crippen molar-refractivity contribution in [2.45, 2.75) is 58.9 Å². The van der Waals surface area contributed by atoms with Crippen LogP contribution in [0.3, 0.4) is 0 Å². The fourth-order valence-corrected chi connectivity index (χ4v) is 4.85. The molecule has 1 saturated carbocycles. The van der Waals surface area contributed by atoms with E-state index >= 15 is 0 Å². The van der Waals surface area contributed by atoms with E-state index < -0.39 is 0 Å². The fraction of sp³-hybridized carbons (Fsp3) is 0.407. The van der Waals surface area contributed by atoms with Gasteiger partial charge in [0.25, 0.3) is 0 Å². The number of H-pyrrole nitrogens is 1. The van der Waals surface area contributed by atoms with Gasteiger partial charge >= 0.3 is 0 Å². The van der Waals surface area contributed by atoms with Crippen LogP contribution in [0.15, 0.2) is 48.5 Å². The van der Waals surface area contributed by atoms with Crippen molar-refractivity contribution < 1.29 is 4.79 Å². The van der Waals surface area contributed by atoms with Crippen LogP contribution in [0.5, 0.6) is 0 Å². The molecule has 8 nitrogen and oxygen atoms in total. The second-order valence-electron chi connectivity index (χ2n) is 9.80. The Morgan fingerprint density at radius 1 is 1.03 bits per heavy atom. The lowest BCUT2D eigenvalue weighted by atomic mass is 9.86. The normalized spacial score (nSPS) is 14.5. The Kier molecular flexibility index (Phi) is 6.79. The number of benzene rings is 2. The minimum Gasteiger partial charge on any atom is -0.290 e. The van der Waals surface area contributed by atoms with Crippen LogP contribution in [-0.4, -0.2) is 41.2 Å². The molecule has 1 aliphatic carbocycles. The predicted molar refractivity (Wildman–Crippen MR) is 134 cm³/mol. The van der Waals surface area contributed by atoms with E-state index in [2.05, 4.69) is 64.8 Å². The summed E-state index contributed by atoms with van der Waals surface area (Å²) in [6.07, 6.45) is 6.18. The van der Waals surface area contributed by atoms with E-state index in [1.165, 1.54) is 6.42 Å². The Bertz CT molecular complexity index is 1270. The molecule has 0 atom stereocenters. The maximum atomic E-state index is 13.1. The summed E-state index contributed by atoms with van der Waals surface area (Å²) in [4.78, 5) is 17.8. The van der Waals surface area contributed by atoms with Gasteiger partial charge in [0.2, 0.25) is 11.6 Å². The smallest absolute Gasteiger partial charge is 0.217 e. The first-order valence-corrected chi connectivity index (χ1v) is 12.5. The van der Waals surface area contributed by atoms with Gasteiger partial charge in [-0.2, -0.15) is 0 Å². The molecule has 8 heteroatoms. The molecule has 0 spiro atoms. The minimum atomic E-state index is 0.0745. The first-order chi connectivity index (χ1) is 17.1. The average molecular weight is 470 g/mol. The second-order valence-corrected chi connectivity index (χ2v) is 9.80. The maximum Gasteiger partial charge on any atom is 0.217 e. The number of carbonyl (C=O) groups is 1. The molecular formula is C27H31N7O. The topological polar surface area (TPSA) is 102 Å². The lowest BCUT2D eigenvalue weighted by Crippen LogP contribution is -2.19. The Balaban J connectivity index is 1.38. The summed E-state index contributed by atoms with van der Waals surface area (Å²) in [6, 6.07) is 16.5. The summed E-state index contributed by atoms with van der Waals surface area (Å²) in [7, 11) is 0. The van der Waals surface area contributed by atoms with Crippen LogP contribution in [0, 0.1) is 11.8 Å². The molecule has 4 aromatic rings. The van der Waals surface area contributed by atoms with Crippen molar-refractivity contribution in [3.05, 3.63) is 65.7 Å². The molecule has 0 aliphatic heterocycles. The van der Waals surface area contributed by atoms with Crippen molar-refractivity contribution in [1.82, 2.24) is 35.4 Å². The molecule has 0 radical (unpaired) electrons. The van der Waals surface area contributed by atoms with Crippen molar-refractivity contribution in [3.63, 3.8) is 0 Å². The quantitative estimate of drug-likeness (QED) is 0.359. The summed E-state index contributed by atoms with van der Waals surface area (Å²) in [6.45, 7) is 4.91. The number of Topliss-reactive ketones (excluding diaryl/α,β-unsaturated/α-hetero) is 1. The highest BCUT2D eigenvalue weighted by atomic mass is 16.1. The molecule has 2 aromatic carbocycles. The first kappa shape index (κ1) is 23.1. The van der Waals surface area contributed by atoms with Gasteiger partial charge in [-0.1, -0.05) is 81.6 Å². The molecule has 180 valence electrons. The van der Waals surface area contributed by atoms with Gasteiger partial charge in [-0.05, 0) is 45.9 Å². The van der Waals surface area contributed by atoms with Gasteiger partial charge in [-0.25, -0.2) is 14.8 Å². The third-order valence-electron chi connectivity index (χ3n) is 6.66. The van der Waals surface area contributed by atoms with Crippen molar-refractivity contribution >= 4 is 5.78 Å². The standard InChI is InChI=1S/C27H31N7O/c1-18(2)16-24-28-27(25(35)21-8-4-3-5-9-21)31-34(24)17-19-12-14-20(15-13-19)22-10-6-7-11-23(22)26-29-32-33-30-26/h6-7,10-15,18,21H,3-5,8-9,16-17H2,1-2H3,(H,29,30,32,33). The lowest BCUT2D eigenvalue weighted by Gasteiger charge is -2.18. The van der Waals surface area contributed by atoms with Crippen LogP contribution in [-0.2, 0) is 13.0 Å². The van der Waals surface area contributed by atoms with Crippen LogP contribution in [0.4, 0.5) is 0 Å². The number of nitrogens with one attached hydrogen (secondary N) is 1. The molecular weight excluding hydrogens is 438 g/mol. The van der Waals surface area contributed by atoms with E-state index in [-0.39, 0.29) is 11.7 Å². The summed E-state index contributed by atoms with van der Waals surface area (Å²) >= 11 is 0. The van der Waals surface area contributed by atoms with Crippen molar-refractivity contribution in [2.75, 3.05) is 0 Å². The molecule has 0 bridgehead atoms. The summed E-state index contributed by atoms with van der Waals surface area (Å²) in [5.41, 5.74) is 4.19. The zero-order chi connectivity index (χ0) is 24.2. The number of hydrogen-bond acceptors (Lipinski definition) is 6. The average Bonchev–Trinajstić information content (AvgIpc) is 3.55. The molecule has 2 heterocycles. The van der Waals surface area contributed by atoms with Crippen LogP contribution in [0.2, 0.25) is 0 Å². The van der Waals surface area contributed by atoms with E-state index in [4.69, 9.17) is 10.1 Å². The van der Waals surface area contributed by atoms with Crippen molar-refractivity contribution in [1.29, 1.82) is 0 Å². The summed E-state index contributed by atoms with van der Waals surface area (Å²) in [5, 5.41) is 19.0. The molecule has 1 fully saturated rings. The fourth-order valence-electron chi connectivity index (χ4n) is 4.85. The Hall–Kier alpha value is -3.68. The largest absolute Gasteiger partial charge is 0.290 e. The van der Waals surface area contributed by atoms with Crippen LogP contribution in [0.1, 0.15) is 68.0 Å². The molecule has 1 aliphatic rings. The van der Waals surface area contributed by atoms with Gasteiger partial charge in [0.15, 0.2) is 5.82 Å². The number of carbonyl (C=O) groups excluding carboxylic acids is 1. The molecule has 5 rings (SSSR count). The van der Waals surface area contributed by atoms with Crippen molar-refractivity contribution in [2.24, 2.45) is 11.8 Å². The highest BCUT2D eigenvalue weighted by Gasteiger charge is 2.26. The molecule has 2 aromatic heterocycles. The molecule has 0 unspecified atom stereocenters. The molecule has 0 saturated heterocycles. The number of ketones is 1. The summed E-state index contributed by atoms with van der Waals surface area (Å²) in [5.74, 6) is 2.53. The van der Waals surface area contributed by atoms with Crippen LogP contribution >= 0.6 is 0 Å². The van der Waals surface area contributed by atoms with Gasteiger partial charge in [0.1, 0.15) is 5.82 Å². The monoisotopic (exact) mass is 469 g/mol. The third kappa shape index (κ3) is 5.21. The first-order valence-electron chi connectivity index (χ1n) is 12.5. The van der Waals surface area contributed by atoms with E-state index in [9.17, 15) is 4.79 Å². The second kappa shape index (κ2) is 10.3. The van der Waals surface area contributed by atoms with Crippen LogP contribution < -0.4 is 0 Å². The third-order valence-corrected chi connectivity index (χ3v) is 6.66. The van der Waals surface area contributed by atoms with E-state index in [1.807, 2.05) is 22.9 Å². The highest BCUT2D eigenvalue weighted by molar-refractivity contribution is 5.94. The van der Waals surface area contributed by atoms with E-state index in [0.29, 0.717) is 24.1 Å².